The van der Waals surface area contributed by atoms with Crippen molar-refractivity contribution in [2.75, 3.05) is 19.8 Å². The molecule has 3 heterocycles. The Morgan fingerprint density at radius 2 is 1.71 bits per heavy atom. The Balaban J connectivity index is 0.000000529. The molecule has 0 radical (unpaired) electrons. The standard InChI is InChI=1S/C25H16F4N2O2.C4H8O/c26-15-10-17(23(29)19(28)11-15)22-18(27)6-5-13-9-14(12-30-24(13)22)25(32)31-20-7-8-33-21-4-2-1-3-16(20)21;1-2-4-5-3-1/h1-6,9-12,20H,7-8H2,(H,31,32);1-4H2/t20-;/m0./s1. The first-order chi connectivity index (χ1) is 18.4. The van der Waals surface area contributed by atoms with Gasteiger partial charge in [-0.1, -0.05) is 18.2 Å². The summed E-state index contributed by atoms with van der Waals surface area (Å²) in [4.78, 5) is 17.0. The highest BCUT2D eigenvalue weighted by Crippen LogP contribution is 2.34. The number of nitrogens with zero attached hydrogens (tertiary/aromatic N) is 1. The highest BCUT2D eigenvalue weighted by atomic mass is 19.2. The molecule has 1 amide bonds. The smallest absolute Gasteiger partial charge is 0.253 e. The first-order valence-corrected chi connectivity index (χ1v) is 12.3. The van der Waals surface area contributed by atoms with Gasteiger partial charge < -0.3 is 14.8 Å². The Labute approximate surface area is 216 Å². The zero-order chi connectivity index (χ0) is 26.6. The van der Waals surface area contributed by atoms with Gasteiger partial charge in [0.25, 0.3) is 5.91 Å². The van der Waals surface area contributed by atoms with Crippen LogP contribution in [0, 0.1) is 23.3 Å². The van der Waals surface area contributed by atoms with E-state index in [4.69, 9.17) is 9.47 Å². The van der Waals surface area contributed by atoms with Crippen LogP contribution >= 0.6 is 0 Å². The predicted octanol–water partition coefficient (Wildman–Crippen LogP) is 6.51. The van der Waals surface area contributed by atoms with Crippen LogP contribution in [0.1, 0.15) is 41.2 Å². The topological polar surface area (TPSA) is 60.5 Å². The lowest BCUT2D eigenvalue weighted by Crippen LogP contribution is -2.32. The number of halogens is 4. The maximum atomic E-state index is 14.6. The number of para-hydroxylation sites is 1. The molecule has 1 N–H and O–H groups in total. The Morgan fingerprint density at radius 3 is 2.47 bits per heavy atom. The zero-order valence-electron chi connectivity index (χ0n) is 20.3. The van der Waals surface area contributed by atoms with E-state index < -0.39 is 34.7 Å². The van der Waals surface area contributed by atoms with Crippen LogP contribution in [0.2, 0.25) is 0 Å². The third-order valence-electron chi connectivity index (χ3n) is 6.42. The Kier molecular flexibility index (Phi) is 7.55. The van der Waals surface area contributed by atoms with Crippen LogP contribution in [0.5, 0.6) is 5.75 Å². The fourth-order valence-electron chi connectivity index (χ4n) is 4.54. The van der Waals surface area contributed by atoms with E-state index in [2.05, 4.69) is 10.3 Å². The van der Waals surface area contributed by atoms with Crippen molar-refractivity contribution in [3.8, 4) is 16.9 Å². The number of carbonyl (C=O) groups excluding carboxylic acids is 1. The van der Waals surface area contributed by atoms with E-state index in [1.54, 1.807) is 0 Å². The lowest BCUT2D eigenvalue weighted by molar-refractivity contribution is 0.0924. The van der Waals surface area contributed by atoms with Gasteiger partial charge in [0.05, 0.1) is 23.7 Å². The molecular weight excluding hydrogens is 500 g/mol. The lowest BCUT2D eigenvalue weighted by Gasteiger charge is -2.26. The fourth-order valence-corrected chi connectivity index (χ4v) is 4.54. The second-order valence-corrected chi connectivity index (χ2v) is 8.99. The predicted molar refractivity (Wildman–Crippen MR) is 134 cm³/mol. The summed E-state index contributed by atoms with van der Waals surface area (Å²) in [5.74, 6) is -4.46. The average Bonchev–Trinajstić information content (AvgIpc) is 3.51. The highest BCUT2D eigenvalue weighted by molar-refractivity contribution is 6.00. The first-order valence-electron chi connectivity index (χ1n) is 12.3. The summed E-state index contributed by atoms with van der Waals surface area (Å²) < 4.78 is 67.0. The number of pyridine rings is 1. The molecule has 2 aliphatic heterocycles. The molecule has 4 aromatic rings. The molecule has 3 aromatic carbocycles. The summed E-state index contributed by atoms with van der Waals surface area (Å²) in [5, 5.41) is 3.26. The van der Waals surface area contributed by atoms with Gasteiger partial charge in [0, 0.05) is 54.0 Å². The largest absolute Gasteiger partial charge is 0.493 e. The molecule has 0 saturated carbocycles. The second-order valence-electron chi connectivity index (χ2n) is 8.99. The van der Waals surface area contributed by atoms with E-state index in [0.717, 1.165) is 24.8 Å². The van der Waals surface area contributed by atoms with Gasteiger partial charge in [-0.2, -0.15) is 0 Å². The maximum Gasteiger partial charge on any atom is 0.253 e. The zero-order valence-corrected chi connectivity index (χ0v) is 20.3. The van der Waals surface area contributed by atoms with Crippen LogP contribution < -0.4 is 10.1 Å². The van der Waals surface area contributed by atoms with Crippen molar-refractivity contribution in [2.45, 2.75) is 25.3 Å². The minimum Gasteiger partial charge on any atom is -0.493 e. The van der Waals surface area contributed by atoms with Crippen molar-refractivity contribution >= 4 is 16.8 Å². The molecular formula is C29H24F4N2O3. The van der Waals surface area contributed by atoms with Gasteiger partial charge in [0.1, 0.15) is 17.4 Å². The van der Waals surface area contributed by atoms with E-state index >= 15 is 0 Å². The number of ether oxygens (including phenoxy) is 2. The summed E-state index contributed by atoms with van der Waals surface area (Å²) in [6, 6.07) is 12.1. The van der Waals surface area contributed by atoms with Gasteiger partial charge in [0.15, 0.2) is 11.6 Å². The van der Waals surface area contributed by atoms with Gasteiger partial charge in [-0.3, -0.25) is 9.78 Å². The van der Waals surface area contributed by atoms with Crippen LogP contribution in [-0.4, -0.2) is 30.7 Å². The third-order valence-corrected chi connectivity index (χ3v) is 6.42. The van der Waals surface area contributed by atoms with Gasteiger partial charge in [-0.25, -0.2) is 17.6 Å². The minimum atomic E-state index is -1.44. The summed E-state index contributed by atoms with van der Waals surface area (Å²) in [6.07, 6.45) is 4.36. The fraction of sp³-hybridized carbons (Fsp3) is 0.241. The quantitative estimate of drug-likeness (QED) is 0.245. The summed E-state index contributed by atoms with van der Waals surface area (Å²) >= 11 is 0. The molecule has 1 aromatic heterocycles. The molecule has 6 rings (SSSR count). The van der Waals surface area contributed by atoms with Crippen LogP contribution in [-0.2, 0) is 4.74 Å². The Hall–Kier alpha value is -3.98. The van der Waals surface area contributed by atoms with E-state index in [9.17, 15) is 22.4 Å². The van der Waals surface area contributed by atoms with Crippen LogP contribution in [0.15, 0.2) is 60.8 Å². The normalized spacial score (nSPS) is 16.3. The van der Waals surface area contributed by atoms with Gasteiger partial charge in [0.2, 0.25) is 0 Å². The number of aromatic nitrogens is 1. The molecule has 1 fully saturated rings. The van der Waals surface area contributed by atoms with Gasteiger partial charge in [-0.05, 0) is 43.2 Å². The molecule has 0 spiro atoms. The number of amides is 1. The third kappa shape index (κ3) is 5.33. The monoisotopic (exact) mass is 524 g/mol. The van der Waals surface area contributed by atoms with Crippen molar-refractivity contribution < 1.29 is 31.8 Å². The molecule has 9 heteroatoms. The highest BCUT2D eigenvalue weighted by Gasteiger charge is 2.24. The lowest BCUT2D eigenvalue weighted by atomic mass is 9.98. The molecule has 196 valence electrons. The molecule has 1 saturated heterocycles. The van der Waals surface area contributed by atoms with Crippen molar-refractivity contribution in [1.29, 1.82) is 0 Å². The van der Waals surface area contributed by atoms with Crippen molar-refractivity contribution in [3.63, 3.8) is 0 Å². The maximum absolute atomic E-state index is 14.6. The van der Waals surface area contributed by atoms with Crippen LogP contribution in [0.3, 0.4) is 0 Å². The summed E-state index contributed by atoms with van der Waals surface area (Å²) in [7, 11) is 0. The average molecular weight is 525 g/mol. The number of nitrogens with one attached hydrogen (secondary N) is 1. The van der Waals surface area contributed by atoms with Crippen molar-refractivity contribution in [3.05, 3.63) is 95.2 Å². The van der Waals surface area contributed by atoms with Gasteiger partial charge >= 0.3 is 0 Å². The number of fused-ring (bicyclic) bond motifs is 2. The number of carbonyl (C=O) groups is 1. The van der Waals surface area contributed by atoms with E-state index in [1.807, 2.05) is 24.3 Å². The van der Waals surface area contributed by atoms with E-state index in [0.29, 0.717) is 36.3 Å². The minimum absolute atomic E-state index is 0.0214. The number of rotatable bonds is 3. The molecule has 5 nitrogen and oxygen atoms in total. The van der Waals surface area contributed by atoms with E-state index in [-0.39, 0.29) is 22.7 Å². The van der Waals surface area contributed by atoms with Crippen molar-refractivity contribution in [2.24, 2.45) is 0 Å². The molecule has 0 unspecified atom stereocenters. The Bertz CT molecular complexity index is 1480. The molecule has 0 aliphatic carbocycles. The van der Waals surface area contributed by atoms with E-state index in [1.165, 1.54) is 31.2 Å². The van der Waals surface area contributed by atoms with Gasteiger partial charge in [-0.15, -0.1) is 0 Å². The van der Waals surface area contributed by atoms with Crippen LogP contribution in [0.25, 0.3) is 22.0 Å². The molecule has 2 aliphatic rings. The molecule has 38 heavy (non-hydrogen) atoms. The summed E-state index contributed by atoms with van der Waals surface area (Å²) in [5.41, 5.74) is 0.0772. The molecule has 1 atom stereocenters. The Morgan fingerprint density at radius 1 is 0.921 bits per heavy atom. The number of benzene rings is 3. The second kappa shape index (κ2) is 11.2. The van der Waals surface area contributed by atoms with Crippen molar-refractivity contribution in [1.82, 2.24) is 10.3 Å². The molecule has 0 bridgehead atoms. The van der Waals surface area contributed by atoms with Crippen LogP contribution in [0.4, 0.5) is 17.6 Å². The SMILES string of the molecule is C1CCOC1.O=C(N[C@H]1CCOc2ccccc21)c1cnc2c(-c3cc(F)cc(F)c3F)c(F)ccc2c1. The summed E-state index contributed by atoms with van der Waals surface area (Å²) in [6.45, 7) is 2.45. The number of hydrogen-bond donors (Lipinski definition) is 1. The first kappa shape index (κ1) is 25.7. The number of hydrogen-bond acceptors (Lipinski definition) is 4.